The van der Waals surface area contributed by atoms with E-state index in [-0.39, 0.29) is 11.8 Å². The highest BCUT2D eigenvalue weighted by Gasteiger charge is 2.07. The molecule has 2 rings (SSSR count). The van der Waals surface area contributed by atoms with Gasteiger partial charge in [-0.2, -0.15) is 5.10 Å². The van der Waals surface area contributed by atoms with E-state index in [9.17, 15) is 4.79 Å². The highest BCUT2D eigenvalue weighted by Crippen LogP contribution is 2.14. The molecule has 20 heavy (non-hydrogen) atoms. The summed E-state index contributed by atoms with van der Waals surface area (Å²) >= 11 is 0. The third-order valence-corrected chi connectivity index (χ3v) is 2.94. The van der Waals surface area contributed by atoms with Gasteiger partial charge in [0.2, 0.25) is 0 Å². The maximum absolute atomic E-state index is 12.0. The zero-order valence-electron chi connectivity index (χ0n) is 11.9. The average Bonchev–Trinajstić information content (AvgIpc) is 2.95. The lowest BCUT2D eigenvalue weighted by atomic mass is 10.1. The second kappa shape index (κ2) is 6.19. The van der Waals surface area contributed by atoms with Crippen molar-refractivity contribution in [3.63, 3.8) is 0 Å². The van der Waals surface area contributed by atoms with E-state index < -0.39 is 0 Å². The van der Waals surface area contributed by atoms with Crippen molar-refractivity contribution in [2.45, 2.75) is 19.9 Å². The fraction of sp³-hybridized carbons (Fsp3) is 0.250. The molecule has 4 nitrogen and oxygen atoms in total. The molecular formula is C16H18N2O2. The number of hydrogen-bond acceptors (Lipinski definition) is 3. The Balaban J connectivity index is 2.11. The van der Waals surface area contributed by atoms with Crippen LogP contribution in [0.2, 0.25) is 0 Å². The lowest BCUT2D eigenvalue weighted by Crippen LogP contribution is -2.00. The van der Waals surface area contributed by atoms with Crippen molar-refractivity contribution in [2.75, 3.05) is 7.11 Å². The topological polar surface area (TPSA) is 44.1 Å². The van der Waals surface area contributed by atoms with E-state index in [1.807, 2.05) is 38.1 Å². The summed E-state index contributed by atoms with van der Waals surface area (Å²) in [5, 5.41) is 4.16. The molecule has 1 aromatic heterocycles. The van der Waals surface area contributed by atoms with E-state index in [4.69, 9.17) is 4.74 Å². The van der Waals surface area contributed by atoms with Crippen LogP contribution in [0.25, 0.3) is 6.08 Å². The van der Waals surface area contributed by atoms with Crippen molar-refractivity contribution in [2.24, 2.45) is 0 Å². The molecule has 0 N–H and O–H groups in total. The highest BCUT2D eigenvalue weighted by molar-refractivity contribution is 6.06. The largest absolute Gasteiger partial charge is 0.497 e. The molecule has 4 heteroatoms. The van der Waals surface area contributed by atoms with Crippen molar-refractivity contribution >= 4 is 11.9 Å². The fourth-order valence-electron chi connectivity index (χ4n) is 1.76. The molecule has 1 aromatic carbocycles. The Kier molecular flexibility index (Phi) is 4.35. The van der Waals surface area contributed by atoms with Crippen molar-refractivity contribution in [3.8, 4) is 5.75 Å². The molecule has 0 aliphatic heterocycles. The second-order valence-electron chi connectivity index (χ2n) is 4.78. The molecule has 0 saturated carbocycles. The van der Waals surface area contributed by atoms with E-state index in [0.29, 0.717) is 5.56 Å². The Morgan fingerprint density at radius 2 is 2.20 bits per heavy atom. The number of benzene rings is 1. The Labute approximate surface area is 118 Å². The highest BCUT2D eigenvalue weighted by atomic mass is 16.5. The van der Waals surface area contributed by atoms with Gasteiger partial charge in [0.05, 0.1) is 18.9 Å². The zero-order chi connectivity index (χ0) is 14.5. The maximum atomic E-state index is 12.0. The molecular weight excluding hydrogens is 252 g/mol. The lowest BCUT2D eigenvalue weighted by molar-refractivity contribution is 0.104. The van der Waals surface area contributed by atoms with Crippen molar-refractivity contribution in [1.29, 1.82) is 0 Å². The molecule has 0 bridgehead atoms. The normalized spacial score (nSPS) is 11.2. The molecule has 0 amide bonds. The fourth-order valence-corrected chi connectivity index (χ4v) is 1.76. The van der Waals surface area contributed by atoms with Gasteiger partial charge in [0.15, 0.2) is 5.78 Å². The Hall–Kier alpha value is -2.36. The van der Waals surface area contributed by atoms with Gasteiger partial charge in [-0.1, -0.05) is 18.2 Å². The molecule has 2 aromatic rings. The Morgan fingerprint density at radius 3 is 2.85 bits per heavy atom. The zero-order valence-corrected chi connectivity index (χ0v) is 11.9. The van der Waals surface area contributed by atoms with Gasteiger partial charge < -0.3 is 4.74 Å². The van der Waals surface area contributed by atoms with Gasteiger partial charge in [-0.05, 0) is 37.6 Å². The smallest absolute Gasteiger partial charge is 0.189 e. The quantitative estimate of drug-likeness (QED) is 0.618. The minimum Gasteiger partial charge on any atom is -0.497 e. The standard InChI is InChI=1S/C16H18N2O2/c1-12(2)18-11-14(10-17-18)16(19)8-7-13-5-4-6-15(9-13)20-3/h4-12H,1-3H3/b8-7+. The molecule has 0 fully saturated rings. The van der Waals surface area contributed by atoms with Crippen LogP contribution in [0.4, 0.5) is 0 Å². The number of carbonyl (C=O) groups is 1. The second-order valence-corrected chi connectivity index (χ2v) is 4.78. The number of carbonyl (C=O) groups excluding carboxylic acids is 1. The van der Waals surface area contributed by atoms with Crippen molar-refractivity contribution in [1.82, 2.24) is 9.78 Å². The monoisotopic (exact) mass is 270 g/mol. The maximum Gasteiger partial charge on any atom is 0.189 e. The molecule has 0 aliphatic carbocycles. The first-order chi connectivity index (χ1) is 9.60. The third kappa shape index (κ3) is 3.35. The van der Waals surface area contributed by atoms with Crippen LogP contribution in [0.3, 0.4) is 0 Å². The number of ketones is 1. The Morgan fingerprint density at radius 1 is 1.40 bits per heavy atom. The van der Waals surface area contributed by atoms with Gasteiger partial charge >= 0.3 is 0 Å². The first-order valence-corrected chi connectivity index (χ1v) is 6.51. The molecule has 104 valence electrons. The van der Waals surface area contributed by atoms with E-state index in [1.54, 1.807) is 36.3 Å². The average molecular weight is 270 g/mol. The molecule has 0 aliphatic rings. The summed E-state index contributed by atoms with van der Waals surface area (Å²) in [5.41, 5.74) is 1.52. The van der Waals surface area contributed by atoms with E-state index in [2.05, 4.69) is 5.10 Å². The number of methoxy groups -OCH3 is 1. The SMILES string of the molecule is COc1cccc(/C=C/C(=O)c2cnn(C(C)C)c2)c1. The van der Waals surface area contributed by atoms with Crippen LogP contribution in [0, 0.1) is 0 Å². The summed E-state index contributed by atoms with van der Waals surface area (Å²) in [4.78, 5) is 12.0. The van der Waals surface area contributed by atoms with Crippen LogP contribution < -0.4 is 4.74 Å². The van der Waals surface area contributed by atoms with Gasteiger partial charge in [0, 0.05) is 12.2 Å². The number of nitrogens with zero attached hydrogens (tertiary/aromatic N) is 2. The molecule has 0 atom stereocenters. The van der Waals surface area contributed by atoms with Gasteiger partial charge in [0.1, 0.15) is 5.75 Å². The van der Waals surface area contributed by atoms with E-state index in [1.165, 1.54) is 0 Å². The predicted octanol–water partition coefficient (Wildman–Crippen LogP) is 3.37. The summed E-state index contributed by atoms with van der Waals surface area (Å²) in [6.07, 6.45) is 6.69. The number of hydrogen-bond donors (Lipinski definition) is 0. The predicted molar refractivity (Wildman–Crippen MR) is 79.0 cm³/mol. The first kappa shape index (κ1) is 14.1. The number of ether oxygens (including phenoxy) is 1. The summed E-state index contributed by atoms with van der Waals surface area (Å²) in [6, 6.07) is 7.80. The van der Waals surface area contributed by atoms with Crippen LogP contribution in [0.5, 0.6) is 5.75 Å². The summed E-state index contributed by atoms with van der Waals surface area (Å²) in [6.45, 7) is 4.04. The summed E-state index contributed by atoms with van der Waals surface area (Å²) in [5.74, 6) is 0.715. The minimum atomic E-state index is -0.0558. The Bertz CT molecular complexity index is 627. The third-order valence-electron chi connectivity index (χ3n) is 2.94. The van der Waals surface area contributed by atoms with Gasteiger partial charge in [-0.15, -0.1) is 0 Å². The number of aromatic nitrogens is 2. The molecule has 0 unspecified atom stereocenters. The molecule has 0 radical (unpaired) electrons. The minimum absolute atomic E-state index is 0.0558. The first-order valence-electron chi connectivity index (χ1n) is 6.51. The lowest BCUT2D eigenvalue weighted by Gasteiger charge is -2.02. The van der Waals surface area contributed by atoms with Gasteiger partial charge in [-0.3, -0.25) is 9.48 Å². The van der Waals surface area contributed by atoms with E-state index >= 15 is 0 Å². The van der Waals surface area contributed by atoms with Crippen LogP contribution in [-0.2, 0) is 0 Å². The van der Waals surface area contributed by atoms with Crippen LogP contribution in [0.15, 0.2) is 42.7 Å². The van der Waals surface area contributed by atoms with Crippen molar-refractivity contribution in [3.05, 3.63) is 53.9 Å². The number of rotatable bonds is 5. The summed E-state index contributed by atoms with van der Waals surface area (Å²) < 4.78 is 6.91. The summed E-state index contributed by atoms with van der Waals surface area (Å²) in [7, 11) is 1.62. The van der Waals surface area contributed by atoms with Gasteiger partial charge in [-0.25, -0.2) is 0 Å². The molecule has 1 heterocycles. The molecule has 0 spiro atoms. The van der Waals surface area contributed by atoms with Crippen LogP contribution in [0.1, 0.15) is 35.8 Å². The molecule has 0 saturated heterocycles. The van der Waals surface area contributed by atoms with Gasteiger partial charge in [0.25, 0.3) is 0 Å². The number of allylic oxidation sites excluding steroid dienone is 1. The van der Waals surface area contributed by atoms with Crippen LogP contribution in [-0.4, -0.2) is 22.7 Å². The van der Waals surface area contributed by atoms with Crippen molar-refractivity contribution < 1.29 is 9.53 Å². The van der Waals surface area contributed by atoms with E-state index in [0.717, 1.165) is 11.3 Å². The van der Waals surface area contributed by atoms with Crippen LogP contribution >= 0.6 is 0 Å².